The maximum Gasteiger partial charge on any atom is 0.191 e. The highest BCUT2D eigenvalue weighted by Crippen LogP contribution is 2.25. The van der Waals surface area contributed by atoms with E-state index in [2.05, 4.69) is 0 Å². The molecule has 0 saturated heterocycles. The molecule has 19 heavy (non-hydrogen) atoms. The summed E-state index contributed by atoms with van der Waals surface area (Å²) in [5, 5.41) is 0. The van der Waals surface area contributed by atoms with Crippen molar-refractivity contribution in [3.8, 4) is 0 Å². The molecule has 0 atom stereocenters. The van der Waals surface area contributed by atoms with Gasteiger partial charge in [-0.1, -0.05) is 37.3 Å². The molecule has 0 aromatic rings. The third-order valence-corrected chi connectivity index (χ3v) is 2.71. The molecule has 3 nitrogen and oxygen atoms in total. The smallest absolute Gasteiger partial charge is 0.191 e. The summed E-state index contributed by atoms with van der Waals surface area (Å²) in [5.41, 5.74) is 6.72. The molecule has 106 valence electrons. The van der Waals surface area contributed by atoms with Crippen molar-refractivity contribution in [2.45, 2.75) is 46.6 Å². The summed E-state index contributed by atoms with van der Waals surface area (Å²) in [6.45, 7) is 9.62. The van der Waals surface area contributed by atoms with Gasteiger partial charge in [-0.05, 0) is 39.7 Å². The minimum Gasteiger partial charge on any atom is -0.468 e. The van der Waals surface area contributed by atoms with Crippen molar-refractivity contribution in [2.75, 3.05) is 0 Å². The van der Waals surface area contributed by atoms with Crippen LogP contribution in [0.3, 0.4) is 0 Å². The van der Waals surface area contributed by atoms with E-state index in [0.29, 0.717) is 12.0 Å². The molecule has 0 amide bonds. The second kappa shape index (κ2) is 8.35. The normalized spacial score (nSPS) is 14.9. The molecule has 0 fully saturated rings. The molecule has 0 saturated carbocycles. The summed E-state index contributed by atoms with van der Waals surface area (Å²) >= 11 is 0. The van der Waals surface area contributed by atoms with E-state index in [-0.39, 0.29) is 5.88 Å². The fourth-order valence-electron chi connectivity index (χ4n) is 1.55. The third-order valence-electron chi connectivity index (χ3n) is 2.71. The van der Waals surface area contributed by atoms with Crippen molar-refractivity contribution in [3.05, 3.63) is 47.4 Å². The molecular weight excluding hydrogens is 238 g/mol. The van der Waals surface area contributed by atoms with Crippen LogP contribution in [0.15, 0.2) is 47.4 Å². The van der Waals surface area contributed by atoms with E-state index in [1.54, 1.807) is 0 Å². The van der Waals surface area contributed by atoms with E-state index < -0.39 is 5.60 Å². The molecule has 0 unspecified atom stereocenters. The quantitative estimate of drug-likeness (QED) is 0.330. The van der Waals surface area contributed by atoms with Gasteiger partial charge in [0.25, 0.3) is 0 Å². The van der Waals surface area contributed by atoms with Crippen molar-refractivity contribution >= 4 is 6.29 Å². The maximum atomic E-state index is 10.9. The fraction of sp³-hybridized carbons (Fsp3) is 0.438. The zero-order valence-corrected chi connectivity index (χ0v) is 12.6. The molecule has 0 aliphatic carbocycles. The lowest BCUT2D eigenvalue weighted by molar-refractivity contribution is -0.105. The van der Waals surface area contributed by atoms with Gasteiger partial charge < -0.3 is 10.5 Å². The Morgan fingerprint density at radius 2 is 1.89 bits per heavy atom. The highest BCUT2D eigenvalue weighted by molar-refractivity contribution is 5.73. The first-order valence-electron chi connectivity index (χ1n) is 6.51. The van der Waals surface area contributed by atoms with Crippen molar-refractivity contribution in [1.82, 2.24) is 0 Å². The van der Waals surface area contributed by atoms with Gasteiger partial charge in [-0.25, -0.2) is 0 Å². The lowest BCUT2D eigenvalue weighted by atomic mass is 9.96. The van der Waals surface area contributed by atoms with Crippen LogP contribution in [0.4, 0.5) is 0 Å². The highest BCUT2D eigenvalue weighted by atomic mass is 16.5. The number of aldehydes is 1. The Morgan fingerprint density at radius 3 is 2.32 bits per heavy atom. The first kappa shape index (κ1) is 17.2. The lowest BCUT2D eigenvalue weighted by Gasteiger charge is -2.28. The van der Waals surface area contributed by atoms with E-state index in [9.17, 15) is 4.79 Å². The van der Waals surface area contributed by atoms with Crippen LogP contribution >= 0.6 is 0 Å². The Bertz CT molecular complexity index is 412. The Labute approximate surface area is 116 Å². The standard InChI is InChI=1S/C16H25NO2/c1-6-9-11-14(10-7-2)16(4,5)19-15(17)13(8-3)12-18/h6-7,9-12H,8,17H2,1-5H3/b9-6+,10-7-,14-11+,15-13-. The predicted molar refractivity (Wildman–Crippen MR) is 80.4 cm³/mol. The van der Waals surface area contributed by atoms with Gasteiger partial charge in [0, 0.05) is 0 Å². The second-order valence-electron chi connectivity index (χ2n) is 4.62. The van der Waals surface area contributed by atoms with Crippen LogP contribution in [-0.4, -0.2) is 11.9 Å². The summed E-state index contributed by atoms with van der Waals surface area (Å²) < 4.78 is 5.77. The topological polar surface area (TPSA) is 52.3 Å². The van der Waals surface area contributed by atoms with Crippen LogP contribution in [0.1, 0.15) is 41.0 Å². The van der Waals surface area contributed by atoms with Gasteiger partial charge in [-0.2, -0.15) is 0 Å². The van der Waals surface area contributed by atoms with Crippen LogP contribution in [0.2, 0.25) is 0 Å². The number of hydrogen-bond donors (Lipinski definition) is 1. The molecular formula is C16H25NO2. The van der Waals surface area contributed by atoms with Gasteiger partial charge >= 0.3 is 0 Å². The number of allylic oxidation sites excluding steroid dienone is 5. The molecule has 0 aliphatic heterocycles. The Balaban J connectivity index is 5.34. The van der Waals surface area contributed by atoms with Crippen LogP contribution in [-0.2, 0) is 9.53 Å². The Hall–Kier alpha value is -1.77. The summed E-state index contributed by atoms with van der Waals surface area (Å²) in [6.07, 6.45) is 11.1. The molecule has 0 bridgehead atoms. The largest absolute Gasteiger partial charge is 0.468 e. The Morgan fingerprint density at radius 1 is 1.26 bits per heavy atom. The summed E-state index contributed by atoms with van der Waals surface area (Å²) in [7, 11) is 0. The molecule has 0 heterocycles. The van der Waals surface area contributed by atoms with Gasteiger partial charge in [0.1, 0.15) is 5.60 Å². The average Bonchev–Trinajstić information content (AvgIpc) is 2.35. The molecule has 0 aromatic carbocycles. The number of nitrogens with two attached hydrogens (primary N) is 1. The Kier molecular flexibility index (Phi) is 7.57. The first-order chi connectivity index (χ1) is 8.92. The van der Waals surface area contributed by atoms with Crippen molar-refractivity contribution in [1.29, 1.82) is 0 Å². The molecule has 3 heteroatoms. The monoisotopic (exact) mass is 263 g/mol. The molecule has 0 aliphatic rings. The number of carbonyl (C=O) groups is 1. The minimum absolute atomic E-state index is 0.193. The molecule has 0 rings (SSSR count). The van der Waals surface area contributed by atoms with Crippen LogP contribution in [0.25, 0.3) is 0 Å². The van der Waals surface area contributed by atoms with E-state index >= 15 is 0 Å². The number of hydrogen-bond acceptors (Lipinski definition) is 3. The number of carbonyl (C=O) groups excluding carboxylic acids is 1. The van der Waals surface area contributed by atoms with Crippen molar-refractivity contribution < 1.29 is 9.53 Å². The van der Waals surface area contributed by atoms with Crippen molar-refractivity contribution in [2.24, 2.45) is 5.73 Å². The number of rotatable bonds is 7. The second-order valence-corrected chi connectivity index (χ2v) is 4.62. The molecule has 0 radical (unpaired) electrons. The summed E-state index contributed by atoms with van der Waals surface area (Å²) in [5.74, 6) is 0.193. The van der Waals surface area contributed by atoms with Crippen LogP contribution in [0.5, 0.6) is 0 Å². The van der Waals surface area contributed by atoms with E-state index in [0.717, 1.165) is 11.9 Å². The van der Waals surface area contributed by atoms with Gasteiger partial charge in [0.05, 0.1) is 5.57 Å². The molecule has 0 aromatic heterocycles. The molecule has 0 spiro atoms. The van der Waals surface area contributed by atoms with Gasteiger partial charge in [0.2, 0.25) is 0 Å². The van der Waals surface area contributed by atoms with E-state index in [1.165, 1.54) is 0 Å². The van der Waals surface area contributed by atoms with Crippen LogP contribution < -0.4 is 5.73 Å². The first-order valence-corrected chi connectivity index (χ1v) is 6.51. The molecule has 2 N–H and O–H groups in total. The van der Waals surface area contributed by atoms with Crippen molar-refractivity contribution in [3.63, 3.8) is 0 Å². The summed E-state index contributed by atoms with van der Waals surface area (Å²) in [4.78, 5) is 10.9. The zero-order valence-electron chi connectivity index (χ0n) is 12.6. The maximum absolute atomic E-state index is 10.9. The van der Waals surface area contributed by atoms with Gasteiger partial charge in [0.15, 0.2) is 12.2 Å². The predicted octanol–water partition coefficient (Wildman–Crippen LogP) is 3.64. The number of ether oxygens (including phenoxy) is 1. The lowest BCUT2D eigenvalue weighted by Crippen LogP contribution is -2.29. The average molecular weight is 263 g/mol. The SMILES string of the molecule is C\C=C/C(=C\C=C\C)C(C)(C)O/C(N)=C(\C=O)CC. The van der Waals surface area contributed by atoms with Gasteiger partial charge in [-0.15, -0.1) is 0 Å². The van der Waals surface area contributed by atoms with Crippen LogP contribution in [0, 0.1) is 0 Å². The highest BCUT2D eigenvalue weighted by Gasteiger charge is 2.24. The third kappa shape index (κ3) is 5.60. The summed E-state index contributed by atoms with van der Waals surface area (Å²) in [6, 6.07) is 0. The van der Waals surface area contributed by atoms with E-state index in [1.807, 2.05) is 65.0 Å². The minimum atomic E-state index is -0.598. The fourth-order valence-corrected chi connectivity index (χ4v) is 1.55. The zero-order chi connectivity index (χ0) is 14.9. The van der Waals surface area contributed by atoms with E-state index in [4.69, 9.17) is 10.5 Å². The van der Waals surface area contributed by atoms with Gasteiger partial charge in [-0.3, -0.25) is 4.79 Å².